The highest BCUT2D eigenvalue weighted by Crippen LogP contribution is 2.28. The maximum atomic E-state index is 11.9. The first-order valence-electron chi connectivity index (χ1n) is 5.71. The highest BCUT2D eigenvalue weighted by atomic mass is 16.2. The summed E-state index contributed by atoms with van der Waals surface area (Å²) in [6.07, 6.45) is 5.83. The number of terminal acetylenes is 1. The fourth-order valence-electron chi connectivity index (χ4n) is 2.20. The molecule has 1 saturated heterocycles. The Labute approximate surface area is 102 Å². The molecule has 17 heavy (non-hydrogen) atoms. The number of aryl methyl sites for hydroxylation is 1. The lowest BCUT2D eigenvalue weighted by Crippen LogP contribution is -2.25. The lowest BCUT2D eigenvalue weighted by molar-refractivity contribution is -0.117. The van der Waals surface area contributed by atoms with E-state index in [0.29, 0.717) is 19.5 Å². The van der Waals surface area contributed by atoms with Gasteiger partial charge in [0, 0.05) is 31.1 Å². The van der Waals surface area contributed by atoms with Gasteiger partial charge in [-0.25, -0.2) is 0 Å². The van der Waals surface area contributed by atoms with Crippen molar-refractivity contribution in [1.29, 1.82) is 0 Å². The second kappa shape index (κ2) is 4.60. The summed E-state index contributed by atoms with van der Waals surface area (Å²) in [5, 5.41) is 0. The predicted molar refractivity (Wildman–Crippen MR) is 68.4 cm³/mol. The molecule has 2 N–H and O–H groups in total. The van der Waals surface area contributed by atoms with Crippen LogP contribution in [-0.2, 0) is 11.3 Å². The van der Waals surface area contributed by atoms with Crippen LogP contribution in [0.4, 0.5) is 5.69 Å². The van der Waals surface area contributed by atoms with Crippen molar-refractivity contribution in [1.82, 2.24) is 0 Å². The van der Waals surface area contributed by atoms with E-state index in [1.54, 1.807) is 4.90 Å². The quantitative estimate of drug-likeness (QED) is 0.778. The maximum absolute atomic E-state index is 11.9. The van der Waals surface area contributed by atoms with Crippen LogP contribution in [0.1, 0.15) is 17.5 Å². The van der Waals surface area contributed by atoms with Crippen LogP contribution in [0.3, 0.4) is 0 Å². The normalized spacial score (nSPS) is 19.5. The Balaban J connectivity index is 2.29. The van der Waals surface area contributed by atoms with Gasteiger partial charge in [0.05, 0.1) is 0 Å². The van der Waals surface area contributed by atoms with Gasteiger partial charge in [0.2, 0.25) is 5.91 Å². The highest BCUT2D eigenvalue weighted by molar-refractivity contribution is 5.96. The van der Waals surface area contributed by atoms with E-state index in [0.717, 1.165) is 16.8 Å². The summed E-state index contributed by atoms with van der Waals surface area (Å²) in [5.74, 6) is 2.80. The smallest absolute Gasteiger partial charge is 0.228 e. The van der Waals surface area contributed by atoms with Crippen LogP contribution in [0, 0.1) is 25.2 Å². The molecule has 3 nitrogen and oxygen atoms in total. The van der Waals surface area contributed by atoms with Crippen molar-refractivity contribution in [2.75, 3.05) is 11.4 Å². The Bertz CT molecular complexity index is 487. The number of hydrogen-bond donors (Lipinski definition) is 1. The molecule has 2 rings (SSSR count). The van der Waals surface area contributed by atoms with Gasteiger partial charge in [-0.3, -0.25) is 4.79 Å². The molecule has 0 radical (unpaired) electrons. The third kappa shape index (κ3) is 2.17. The van der Waals surface area contributed by atoms with E-state index >= 15 is 0 Å². The van der Waals surface area contributed by atoms with Gasteiger partial charge in [0.25, 0.3) is 0 Å². The number of rotatable bonds is 2. The average molecular weight is 228 g/mol. The van der Waals surface area contributed by atoms with Crippen molar-refractivity contribution in [3.63, 3.8) is 0 Å². The van der Waals surface area contributed by atoms with E-state index in [1.807, 2.05) is 25.1 Å². The zero-order valence-corrected chi connectivity index (χ0v) is 9.94. The second-order valence-corrected chi connectivity index (χ2v) is 4.40. The zero-order chi connectivity index (χ0) is 12.4. The molecule has 3 heteroatoms. The molecule has 1 aliphatic heterocycles. The van der Waals surface area contributed by atoms with Crippen molar-refractivity contribution in [2.24, 2.45) is 11.7 Å². The molecule has 1 aliphatic rings. The first-order valence-corrected chi connectivity index (χ1v) is 5.71. The predicted octanol–water partition coefficient (Wildman–Crippen LogP) is 1.44. The molecule has 0 spiro atoms. The Kier molecular flexibility index (Phi) is 3.16. The first-order chi connectivity index (χ1) is 8.15. The van der Waals surface area contributed by atoms with Gasteiger partial charge >= 0.3 is 0 Å². The molecule has 0 aromatic heterocycles. The van der Waals surface area contributed by atoms with Gasteiger partial charge in [-0.2, -0.15) is 0 Å². The van der Waals surface area contributed by atoms with Crippen molar-refractivity contribution >= 4 is 11.6 Å². The van der Waals surface area contributed by atoms with E-state index in [-0.39, 0.29) is 11.8 Å². The molecule has 1 atom stereocenters. The minimum Gasteiger partial charge on any atom is -0.326 e. The molecular formula is C14H16N2O. The number of anilines is 1. The van der Waals surface area contributed by atoms with Crippen LogP contribution in [0.15, 0.2) is 18.2 Å². The zero-order valence-electron chi connectivity index (χ0n) is 9.94. The minimum atomic E-state index is 0.0380. The molecular weight excluding hydrogens is 212 g/mol. The molecule has 1 amide bonds. The molecule has 1 aromatic carbocycles. The van der Waals surface area contributed by atoms with Crippen LogP contribution < -0.4 is 10.6 Å². The summed E-state index contributed by atoms with van der Waals surface area (Å²) in [4.78, 5) is 13.6. The minimum absolute atomic E-state index is 0.0380. The molecule has 0 aliphatic carbocycles. The molecule has 1 unspecified atom stereocenters. The van der Waals surface area contributed by atoms with Crippen LogP contribution in [0.2, 0.25) is 0 Å². The second-order valence-electron chi connectivity index (χ2n) is 4.40. The van der Waals surface area contributed by atoms with Gasteiger partial charge in [0.15, 0.2) is 0 Å². The Morgan fingerprint density at radius 2 is 2.35 bits per heavy atom. The molecule has 0 bridgehead atoms. The summed E-state index contributed by atoms with van der Waals surface area (Å²) in [5.41, 5.74) is 8.68. The van der Waals surface area contributed by atoms with E-state index < -0.39 is 0 Å². The molecule has 0 saturated carbocycles. The van der Waals surface area contributed by atoms with Crippen LogP contribution in [0.5, 0.6) is 0 Å². The molecule has 1 fully saturated rings. The van der Waals surface area contributed by atoms with Crippen molar-refractivity contribution in [3.8, 4) is 12.3 Å². The number of nitrogens with two attached hydrogens (primary N) is 1. The number of benzene rings is 1. The molecule has 1 heterocycles. The fourth-order valence-corrected chi connectivity index (χ4v) is 2.20. The SMILES string of the molecule is C#CC1CC(=O)N(c2ccc(CN)cc2C)C1. The third-order valence-electron chi connectivity index (χ3n) is 3.15. The van der Waals surface area contributed by atoms with Crippen LogP contribution in [0.25, 0.3) is 0 Å². The van der Waals surface area contributed by atoms with Gasteiger partial charge in [-0.15, -0.1) is 12.3 Å². The fraction of sp³-hybridized carbons (Fsp3) is 0.357. The summed E-state index contributed by atoms with van der Waals surface area (Å²) >= 11 is 0. The topological polar surface area (TPSA) is 46.3 Å². The van der Waals surface area contributed by atoms with Crippen molar-refractivity contribution < 1.29 is 4.79 Å². The number of amides is 1. The van der Waals surface area contributed by atoms with Crippen molar-refractivity contribution in [2.45, 2.75) is 19.9 Å². The number of hydrogen-bond acceptors (Lipinski definition) is 2. The lowest BCUT2D eigenvalue weighted by Gasteiger charge is -2.19. The lowest BCUT2D eigenvalue weighted by atomic mass is 10.1. The number of carbonyl (C=O) groups excluding carboxylic acids is 1. The number of nitrogens with zero attached hydrogens (tertiary/aromatic N) is 1. The standard InChI is InChI=1S/C14H16N2O/c1-3-11-7-14(17)16(9-11)13-5-4-12(8-15)6-10(13)2/h1,4-6,11H,7-9,15H2,2H3. The largest absolute Gasteiger partial charge is 0.326 e. The molecule has 88 valence electrons. The van der Waals surface area contributed by atoms with E-state index in [9.17, 15) is 4.79 Å². The average Bonchev–Trinajstić information content (AvgIpc) is 2.70. The summed E-state index contributed by atoms with van der Waals surface area (Å²) < 4.78 is 0. The first kappa shape index (κ1) is 11.7. The maximum Gasteiger partial charge on any atom is 0.228 e. The van der Waals surface area contributed by atoms with Gasteiger partial charge in [-0.05, 0) is 24.1 Å². The number of carbonyl (C=O) groups is 1. The van der Waals surface area contributed by atoms with E-state index in [4.69, 9.17) is 12.2 Å². The van der Waals surface area contributed by atoms with Crippen molar-refractivity contribution in [3.05, 3.63) is 29.3 Å². The van der Waals surface area contributed by atoms with Gasteiger partial charge in [-0.1, -0.05) is 12.1 Å². The van der Waals surface area contributed by atoms with Gasteiger partial charge < -0.3 is 10.6 Å². The monoisotopic (exact) mass is 228 g/mol. The van der Waals surface area contributed by atoms with Crippen LogP contribution >= 0.6 is 0 Å². The van der Waals surface area contributed by atoms with E-state index in [2.05, 4.69) is 5.92 Å². The third-order valence-corrected chi connectivity index (χ3v) is 3.15. The van der Waals surface area contributed by atoms with E-state index in [1.165, 1.54) is 0 Å². The van der Waals surface area contributed by atoms with Gasteiger partial charge in [0.1, 0.15) is 0 Å². The Morgan fingerprint density at radius 1 is 1.59 bits per heavy atom. The molecule has 1 aromatic rings. The highest BCUT2D eigenvalue weighted by Gasteiger charge is 2.29. The summed E-state index contributed by atoms with van der Waals surface area (Å²) in [6.45, 7) is 3.13. The summed E-state index contributed by atoms with van der Waals surface area (Å²) in [7, 11) is 0. The Morgan fingerprint density at radius 3 is 2.88 bits per heavy atom. The van der Waals surface area contributed by atoms with Crippen LogP contribution in [-0.4, -0.2) is 12.5 Å². The Hall–Kier alpha value is -1.79. The summed E-state index contributed by atoms with van der Waals surface area (Å²) in [6, 6.07) is 5.93.